The molecule has 0 fully saturated rings. The van der Waals surface area contributed by atoms with Crippen molar-refractivity contribution in [2.24, 2.45) is 0 Å². The van der Waals surface area contributed by atoms with Gasteiger partial charge in [0.15, 0.2) is 0 Å². The summed E-state index contributed by atoms with van der Waals surface area (Å²) in [5, 5.41) is 15.0. The molecule has 9 nitrogen and oxygen atoms in total. The van der Waals surface area contributed by atoms with E-state index in [4.69, 9.17) is 0 Å². The van der Waals surface area contributed by atoms with Gasteiger partial charge in [-0.05, 0) is 96.3 Å². The summed E-state index contributed by atoms with van der Waals surface area (Å²) in [5.41, 5.74) is 3.94. The van der Waals surface area contributed by atoms with Gasteiger partial charge in [-0.25, -0.2) is 8.42 Å². The minimum absolute atomic E-state index is 0.185. The van der Waals surface area contributed by atoms with E-state index < -0.39 is 10.0 Å². The molecule has 0 unspecified atom stereocenters. The maximum atomic E-state index is 12.7. The van der Waals surface area contributed by atoms with Gasteiger partial charge in [0, 0.05) is 16.9 Å². The van der Waals surface area contributed by atoms with Crippen LogP contribution in [-0.2, 0) is 10.0 Å². The minimum Gasteiger partial charge on any atom is -0.322 e. The van der Waals surface area contributed by atoms with Crippen molar-refractivity contribution in [3.05, 3.63) is 83.4 Å². The second-order valence-electron chi connectivity index (χ2n) is 7.51. The number of hydrogen-bond acceptors (Lipinski definition) is 7. The Labute approximate surface area is 201 Å². The van der Waals surface area contributed by atoms with Gasteiger partial charge in [0.05, 0.1) is 10.6 Å². The van der Waals surface area contributed by atoms with Crippen LogP contribution in [0.1, 0.15) is 21.5 Å². The molecule has 0 aliphatic heterocycles. The lowest BCUT2D eigenvalue weighted by Gasteiger charge is -2.11. The van der Waals surface area contributed by atoms with Crippen LogP contribution >= 0.6 is 11.8 Å². The van der Waals surface area contributed by atoms with Crippen molar-refractivity contribution in [3.8, 4) is 5.69 Å². The van der Waals surface area contributed by atoms with E-state index >= 15 is 0 Å². The lowest BCUT2D eigenvalue weighted by molar-refractivity contribution is 0.102. The topological polar surface area (TPSA) is 119 Å². The molecular weight excluding hydrogens is 472 g/mol. The van der Waals surface area contributed by atoms with Gasteiger partial charge >= 0.3 is 0 Å². The summed E-state index contributed by atoms with van der Waals surface area (Å²) in [6, 6.07) is 18.3. The number of benzene rings is 3. The average molecular weight is 495 g/mol. The van der Waals surface area contributed by atoms with Crippen molar-refractivity contribution in [1.82, 2.24) is 20.2 Å². The van der Waals surface area contributed by atoms with Gasteiger partial charge in [0.25, 0.3) is 15.9 Å². The monoisotopic (exact) mass is 494 g/mol. The van der Waals surface area contributed by atoms with E-state index in [1.807, 2.05) is 26.2 Å². The van der Waals surface area contributed by atoms with Gasteiger partial charge in [-0.2, -0.15) is 4.68 Å². The molecule has 11 heteroatoms. The summed E-state index contributed by atoms with van der Waals surface area (Å²) in [6.45, 7) is 3.79. The molecule has 0 spiro atoms. The summed E-state index contributed by atoms with van der Waals surface area (Å²) in [5.74, 6) is -0.331. The number of carbonyl (C=O) groups is 1. The number of aromatic nitrogens is 4. The summed E-state index contributed by atoms with van der Waals surface area (Å²) in [6.07, 6.45) is 1.87. The van der Waals surface area contributed by atoms with Crippen molar-refractivity contribution in [1.29, 1.82) is 0 Å². The SMILES string of the molecule is CSc1nnnn1-c1cccc(NC(=O)c2ccc(NS(=O)(=O)c3ccc(C)c(C)c3)cc2)c1. The third kappa shape index (κ3) is 5.10. The Morgan fingerprint density at radius 3 is 2.41 bits per heavy atom. The first-order chi connectivity index (χ1) is 16.3. The smallest absolute Gasteiger partial charge is 0.261 e. The second-order valence-corrected chi connectivity index (χ2v) is 9.97. The molecule has 34 heavy (non-hydrogen) atoms. The van der Waals surface area contributed by atoms with E-state index in [9.17, 15) is 13.2 Å². The van der Waals surface area contributed by atoms with E-state index in [1.165, 1.54) is 11.8 Å². The Morgan fingerprint density at radius 2 is 1.71 bits per heavy atom. The largest absolute Gasteiger partial charge is 0.322 e. The van der Waals surface area contributed by atoms with Crippen LogP contribution in [0.2, 0.25) is 0 Å². The molecule has 174 valence electrons. The van der Waals surface area contributed by atoms with Crippen molar-refractivity contribution in [2.45, 2.75) is 23.9 Å². The van der Waals surface area contributed by atoms with E-state index in [0.717, 1.165) is 11.1 Å². The summed E-state index contributed by atoms with van der Waals surface area (Å²) in [7, 11) is -3.74. The molecule has 0 saturated heterocycles. The Morgan fingerprint density at radius 1 is 0.941 bits per heavy atom. The molecule has 0 saturated carbocycles. The molecule has 0 atom stereocenters. The first-order valence-corrected chi connectivity index (χ1v) is 12.9. The van der Waals surface area contributed by atoms with E-state index in [0.29, 0.717) is 27.8 Å². The predicted molar refractivity (Wildman–Crippen MR) is 132 cm³/mol. The van der Waals surface area contributed by atoms with Gasteiger partial charge in [0.2, 0.25) is 5.16 Å². The van der Waals surface area contributed by atoms with E-state index in [1.54, 1.807) is 65.3 Å². The first kappa shape index (κ1) is 23.5. The Hall–Kier alpha value is -3.70. The number of tetrazole rings is 1. The zero-order valence-corrected chi connectivity index (χ0v) is 20.3. The zero-order chi connectivity index (χ0) is 24.3. The second kappa shape index (κ2) is 9.65. The van der Waals surface area contributed by atoms with Crippen molar-refractivity contribution < 1.29 is 13.2 Å². The van der Waals surface area contributed by atoms with Crippen LogP contribution in [0.3, 0.4) is 0 Å². The van der Waals surface area contributed by atoms with Gasteiger partial charge in [-0.15, -0.1) is 5.10 Å². The van der Waals surface area contributed by atoms with Crippen LogP contribution < -0.4 is 10.0 Å². The molecule has 0 aliphatic rings. The highest BCUT2D eigenvalue weighted by molar-refractivity contribution is 7.98. The van der Waals surface area contributed by atoms with Crippen LogP contribution in [0, 0.1) is 13.8 Å². The molecule has 1 amide bonds. The number of aryl methyl sites for hydroxylation is 2. The van der Waals surface area contributed by atoms with Crippen LogP contribution in [0.15, 0.2) is 76.8 Å². The number of nitrogens with zero attached hydrogens (tertiary/aromatic N) is 4. The molecule has 0 bridgehead atoms. The molecular formula is C23H22N6O3S2. The quantitative estimate of drug-likeness (QED) is 0.372. The number of amides is 1. The van der Waals surface area contributed by atoms with Gasteiger partial charge in [-0.1, -0.05) is 23.9 Å². The lowest BCUT2D eigenvalue weighted by atomic mass is 10.1. The predicted octanol–water partition coefficient (Wildman–Crippen LogP) is 4.05. The number of thioether (sulfide) groups is 1. The normalized spacial score (nSPS) is 11.3. The average Bonchev–Trinajstić information content (AvgIpc) is 3.30. The Kier molecular flexibility index (Phi) is 6.66. The molecule has 3 aromatic carbocycles. The highest BCUT2D eigenvalue weighted by Gasteiger charge is 2.16. The number of rotatable bonds is 7. The lowest BCUT2D eigenvalue weighted by Crippen LogP contribution is -2.14. The molecule has 4 rings (SSSR count). The van der Waals surface area contributed by atoms with Crippen LogP contribution in [0.5, 0.6) is 0 Å². The maximum Gasteiger partial charge on any atom is 0.261 e. The first-order valence-electron chi connectivity index (χ1n) is 10.2. The molecule has 0 aliphatic carbocycles. The van der Waals surface area contributed by atoms with Gasteiger partial charge < -0.3 is 5.32 Å². The number of sulfonamides is 1. The molecule has 0 radical (unpaired) electrons. The standard InChI is InChI=1S/C23H22N6O3S2/c1-15-7-12-21(13-16(15)2)34(31,32)26-18-10-8-17(9-11-18)22(30)24-19-5-4-6-20(14-19)29-23(33-3)25-27-28-29/h4-14,26H,1-3H3,(H,24,30). The molecule has 1 heterocycles. The van der Waals surface area contributed by atoms with Crippen LogP contribution in [0.25, 0.3) is 5.69 Å². The number of nitrogens with one attached hydrogen (secondary N) is 2. The van der Waals surface area contributed by atoms with Crippen molar-refractivity contribution in [3.63, 3.8) is 0 Å². The fourth-order valence-electron chi connectivity index (χ4n) is 3.17. The van der Waals surface area contributed by atoms with E-state index in [-0.39, 0.29) is 10.8 Å². The fraction of sp³-hybridized carbons (Fsp3) is 0.130. The van der Waals surface area contributed by atoms with Gasteiger partial charge in [0.1, 0.15) is 0 Å². The van der Waals surface area contributed by atoms with Crippen LogP contribution in [-0.4, -0.2) is 40.8 Å². The number of carbonyl (C=O) groups excluding carboxylic acids is 1. The van der Waals surface area contributed by atoms with Crippen LogP contribution in [0.4, 0.5) is 11.4 Å². The highest BCUT2D eigenvalue weighted by atomic mass is 32.2. The van der Waals surface area contributed by atoms with Crippen molar-refractivity contribution >= 4 is 39.1 Å². The number of anilines is 2. The molecule has 2 N–H and O–H groups in total. The highest BCUT2D eigenvalue weighted by Crippen LogP contribution is 2.21. The Balaban J connectivity index is 1.46. The van der Waals surface area contributed by atoms with Crippen molar-refractivity contribution in [2.75, 3.05) is 16.3 Å². The third-order valence-corrected chi connectivity index (χ3v) is 7.16. The van der Waals surface area contributed by atoms with E-state index in [2.05, 4.69) is 25.6 Å². The Bertz CT molecular complexity index is 1450. The zero-order valence-electron chi connectivity index (χ0n) is 18.7. The maximum absolute atomic E-state index is 12.7. The third-order valence-electron chi connectivity index (χ3n) is 5.16. The summed E-state index contributed by atoms with van der Waals surface area (Å²) in [4.78, 5) is 12.9. The fourth-order valence-corrected chi connectivity index (χ4v) is 4.75. The number of hydrogen-bond donors (Lipinski definition) is 2. The molecule has 4 aromatic rings. The van der Waals surface area contributed by atoms with Gasteiger partial charge in [-0.3, -0.25) is 9.52 Å². The summed E-state index contributed by atoms with van der Waals surface area (Å²) < 4.78 is 29.5. The summed E-state index contributed by atoms with van der Waals surface area (Å²) >= 11 is 1.41. The minimum atomic E-state index is -3.74. The molecule has 1 aromatic heterocycles.